The third-order valence-corrected chi connectivity index (χ3v) is 5.62. The number of fused-ring (bicyclic) bond motifs is 1. The van der Waals surface area contributed by atoms with Gasteiger partial charge < -0.3 is 20.1 Å². The largest absolute Gasteiger partial charge is 0.493 e. The summed E-state index contributed by atoms with van der Waals surface area (Å²) in [5.41, 5.74) is 3.68. The highest BCUT2D eigenvalue weighted by molar-refractivity contribution is 5.74. The van der Waals surface area contributed by atoms with Crippen LogP contribution in [0.15, 0.2) is 42.5 Å². The summed E-state index contributed by atoms with van der Waals surface area (Å²) >= 11 is 0. The predicted octanol–water partition coefficient (Wildman–Crippen LogP) is 3.90. The number of hydrogen-bond acceptors (Lipinski definition) is 4. The minimum Gasteiger partial charge on any atom is -0.493 e. The standard InChI is InChI=1S/C24H33N3O3/c1-5-12-25-24(28)26-17(2)23-20-15-22(30-4)21(29-3)14-19(20)11-13-27(23)16-18-9-7-6-8-10-18/h6-10,14-15,17,23H,5,11-13,16H2,1-4H3,(H2,25,26,28)/t17-,23+/m0/s1. The molecular formula is C24H33N3O3. The average Bonchev–Trinajstić information content (AvgIpc) is 2.77. The first-order valence-electron chi connectivity index (χ1n) is 10.6. The fraction of sp³-hybridized carbons (Fsp3) is 0.458. The number of ether oxygens (including phenoxy) is 2. The van der Waals surface area contributed by atoms with Crippen molar-refractivity contribution < 1.29 is 14.3 Å². The lowest BCUT2D eigenvalue weighted by Crippen LogP contribution is -2.49. The molecule has 162 valence electrons. The molecule has 30 heavy (non-hydrogen) atoms. The minimum absolute atomic E-state index is 0.0288. The summed E-state index contributed by atoms with van der Waals surface area (Å²) in [5, 5.41) is 6.06. The van der Waals surface area contributed by atoms with E-state index in [4.69, 9.17) is 9.47 Å². The van der Waals surface area contributed by atoms with Crippen LogP contribution in [0.5, 0.6) is 11.5 Å². The maximum atomic E-state index is 12.4. The molecule has 2 aromatic rings. The molecule has 3 rings (SSSR count). The molecule has 2 aromatic carbocycles. The Bertz CT molecular complexity index is 841. The van der Waals surface area contributed by atoms with Crippen LogP contribution >= 0.6 is 0 Å². The van der Waals surface area contributed by atoms with E-state index in [0.717, 1.165) is 31.7 Å². The molecule has 0 unspecified atom stereocenters. The van der Waals surface area contributed by atoms with Crippen LogP contribution in [0.2, 0.25) is 0 Å². The third kappa shape index (κ3) is 5.05. The van der Waals surface area contributed by atoms with Crippen molar-refractivity contribution in [3.8, 4) is 11.5 Å². The molecule has 0 radical (unpaired) electrons. The lowest BCUT2D eigenvalue weighted by atomic mass is 9.87. The molecule has 1 aliphatic rings. The van der Waals surface area contributed by atoms with Crippen molar-refractivity contribution in [1.29, 1.82) is 0 Å². The molecule has 0 saturated carbocycles. The van der Waals surface area contributed by atoms with E-state index in [1.165, 1.54) is 16.7 Å². The molecule has 2 atom stereocenters. The fourth-order valence-corrected chi connectivity index (χ4v) is 4.18. The van der Waals surface area contributed by atoms with E-state index >= 15 is 0 Å². The van der Waals surface area contributed by atoms with Gasteiger partial charge in [-0.2, -0.15) is 0 Å². The molecule has 2 amide bonds. The van der Waals surface area contributed by atoms with Gasteiger partial charge in [0.25, 0.3) is 0 Å². The first-order chi connectivity index (χ1) is 14.6. The van der Waals surface area contributed by atoms with Gasteiger partial charge in [-0.3, -0.25) is 4.90 Å². The summed E-state index contributed by atoms with van der Waals surface area (Å²) in [7, 11) is 3.32. The highest BCUT2D eigenvalue weighted by Crippen LogP contribution is 2.40. The van der Waals surface area contributed by atoms with E-state index in [9.17, 15) is 4.79 Å². The zero-order valence-electron chi connectivity index (χ0n) is 18.4. The molecular weight excluding hydrogens is 378 g/mol. The molecule has 0 spiro atoms. The first-order valence-corrected chi connectivity index (χ1v) is 10.6. The Morgan fingerprint density at radius 3 is 2.53 bits per heavy atom. The molecule has 2 N–H and O–H groups in total. The van der Waals surface area contributed by atoms with Gasteiger partial charge in [0.2, 0.25) is 0 Å². The number of methoxy groups -OCH3 is 2. The zero-order chi connectivity index (χ0) is 21.5. The van der Waals surface area contributed by atoms with Gasteiger partial charge in [-0.15, -0.1) is 0 Å². The maximum Gasteiger partial charge on any atom is 0.315 e. The van der Waals surface area contributed by atoms with E-state index in [-0.39, 0.29) is 18.1 Å². The van der Waals surface area contributed by atoms with E-state index in [1.807, 2.05) is 13.0 Å². The first kappa shape index (κ1) is 22.0. The average molecular weight is 412 g/mol. The summed E-state index contributed by atoms with van der Waals surface area (Å²) in [5.74, 6) is 1.46. The Balaban J connectivity index is 1.93. The third-order valence-electron chi connectivity index (χ3n) is 5.62. The van der Waals surface area contributed by atoms with Gasteiger partial charge in [0.1, 0.15) is 0 Å². The van der Waals surface area contributed by atoms with Crippen molar-refractivity contribution >= 4 is 6.03 Å². The zero-order valence-corrected chi connectivity index (χ0v) is 18.4. The lowest BCUT2D eigenvalue weighted by molar-refractivity contribution is 0.143. The Labute approximate surface area is 179 Å². The number of urea groups is 1. The van der Waals surface area contributed by atoms with E-state index in [1.54, 1.807) is 14.2 Å². The number of nitrogens with zero attached hydrogens (tertiary/aromatic N) is 1. The Morgan fingerprint density at radius 1 is 1.17 bits per heavy atom. The van der Waals surface area contributed by atoms with Crippen molar-refractivity contribution in [3.63, 3.8) is 0 Å². The van der Waals surface area contributed by atoms with Crippen molar-refractivity contribution in [2.75, 3.05) is 27.3 Å². The number of hydrogen-bond donors (Lipinski definition) is 2. The summed E-state index contributed by atoms with van der Waals surface area (Å²) in [6.07, 6.45) is 1.83. The van der Waals surface area contributed by atoms with Crippen LogP contribution < -0.4 is 20.1 Å². The lowest BCUT2D eigenvalue weighted by Gasteiger charge is -2.41. The molecule has 1 heterocycles. The second-order valence-electron chi connectivity index (χ2n) is 7.75. The van der Waals surface area contributed by atoms with Gasteiger partial charge in [-0.25, -0.2) is 4.79 Å². The van der Waals surface area contributed by atoms with Gasteiger partial charge in [0.15, 0.2) is 11.5 Å². The molecule has 0 aliphatic carbocycles. The van der Waals surface area contributed by atoms with Crippen molar-refractivity contribution in [1.82, 2.24) is 15.5 Å². The summed E-state index contributed by atoms with van der Waals surface area (Å²) in [4.78, 5) is 14.8. The smallest absolute Gasteiger partial charge is 0.315 e. The Hall–Kier alpha value is -2.73. The van der Waals surface area contributed by atoms with Gasteiger partial charge in [0.05, 0.1) is 20.3 Å². The van der Waals surface area contributed by atoms with Gasteiger partial charge in [0, 0.05) is 25.7 Å². The van der Waals surface area contributed by atoms with E-state index in [2.05, 4.69) is 58.9 Å². The Kier molecular flexibility index (Phi) is 7.57. The second kappa shape index (κ2) is 10.3. The molecule has 1 aliphatic heterocycles. The van der Waals surface area contributed by atoms with Crippen LogP contribution in [0.25, 0.3) is 0 Å². The highest BCUT2D eigenvalue weighted by atomic mass is 16.5. The number of nitrogens with one attached hydrogen (secondary N) is 2. The van der Waals surface area contributed by atoms with Gasteiger partial charge in [-0.05, 0) is 48.6 Å². The van der Waals surface area contributed by atoms with Crippen LogP contribution in [0.4, 0.5) is 4.79 Å². The second-order valence-corrected chi connectivity index (χ2v) is 7.75. The number of benzene rings is 2. The normalized spacial score (nSPS) is 17.0. The summed E-state index contributed by atoms with van der Waals surface area (Å²) < 4.78 is 11.1. The SMILES string of the molecule is CCCNC(=O)N[C@@H](C)[C@@H]1c2cc(OC)c(OC)cc2CCN1Cc1ccccc1. The highest BCUT2D eigenvalue weighted by Gasteiger charge is 2.33. The predicted molar refractivity (Wildman–Crippen MR) is 119 cm³/mol. The molecule has 0 aromatic heterocycles. The van der Waals surface area contributed by atoms with Crippen molar-refractivity contribution in [2.24, 2.45) is 0 Å². The van der Waals surface area contributed by atoms with Crippen LogP contribution in [0.3, 0.4) is 0 Å². The molecule has 6 heteroatoms. The maximum absolute atomic E-state index is 12.4. The number of carbonyl (C=O) groups is 1. The number of carbonyl (C=O) groups excluding carboxylic acids is 1. The van der Waals surface area contributed by atoms with Gasteiger partial charge >= 0.3 is 6.03 Å². The summed E-state index contributed by atoms with van der Waals surface area (Å²) in [6.45, 7) is 6.51. The Morgan fingerprint density at radius 2 is 1.87 bits per heavy atom. The van der Waals surface area contributed by atoms with Crippen LogP contribution in [0, 0.1) is 0 Å². The summed E-state index contributed by atoms with van der Waals surface area (Å²) in [6, 6.07) is 14.4. The van der Waals surface area contributed by atoms with Gasteiger partial charge in [-0.1, -0.05) is 37.3 Å². The molecule has 6 nitrogen and oxygen atoms in total. The van der Waals surface area contributed by atoms with Crippen molar-refractivity contribution in [3.05, 3.63) is 59.2 Å². The number of rotatable bonds is 8. The van der Waals surface area contributed by atoms with E-state index < -0.39 is 0 Å². The minimum atomic E-state index is -0.128. The fourth-order valence-electron chi connectivity index (χ4n) is 4.18. The topological polar surface area (TPSA) is 62.8 Å². The molecule has 0 bridgehead atoms. The van der Waals surface area contributed by atoms with Crippen LogP contribution in [-0.4, -0.2) is 44.3 Å². The number of amides is 2. The molecule has 0 fully saturated rings. The molecule has 0 saturated heterocycles. The van der Waals surface area contributed by atoms with Crippen LogP contribution in [-0.2, 0) is 13.0 Å². The van der Waals surface area contributed by atoms with Crippen molar-refractivity contribution in [2.45, 2.75) is 45.3 Å². The quantitative estimate of drug-likeness (QED) is 0.692. The monoisotopic (exact) mass is 411 g/mol. The van der Waals surface area contributed by atoms with Crippen LogP contribution in [0.1, 0.15) is 43.0 Å². The van der Waals surface area contributed by atoms with E-state index in [0.29, 0.717) is 12.3 Å².